The third kappa shape index (κ3) is 3.36. The first-order valence-electron chi connectivity index (χ1n) is 5.42. The van der Waals surface area contributed by atoms with Crippen LogP contribution in [0.3, 0.4) is 0 Å². The first-order valence-corrected chi connectivity index (χ1v) is 6.49. The van der Waals surface area contributed by atoms with E-state index in [9.17, 15) is 0 Å². The van der Waals surface area contributed by atoms with Crippen molar-refractivity contribution >= 4 is 22.9 Å². The van der Waals surface area contributed by atoms with Gasteiger partial charge in [0, 0.05) is 34.9 Å². The van der Waals surface area contributed by atoms with Crippen LogP contribution >= 0.6 is 22.9 Å². The van der Waals surface area contributed by atoms with Crippen molar-refractivity contribution in [2.45, 2.75) is 51.6 Å². The monoisotopic (exact) mass is 296 g/mol. The average molecular weight is 296 g/mol. The van der Waals surface area contributed by atoms with Crippen molar-refractivity contribution in [2.24, 2.45) is 0 Å². The van der Waals surface area contributed by atoms with E-state index in [0.29, 0.717) is 0 Å². The number of hydrogen-bond donors (Lipinski definition) is 1. The summed E-state index contributed by atoms with van der Waals surface area (Å²) in [6.45, 7) is 6.96. The minimum atomic E-state index is 0.771. The summed E-state index contributed by atoms with van der Waals surface area (Å²) >= 11 is 2.29. The summed E-state index contributed by atoms with van der Waals surface area (Å²) in [6.07, 6.45) is 5.46. The molecule has 0 bridgehead atoms. The van der Waals surface area contributed by atoms with Gasteiger partial charge in [-0.3, -0.25) is 3.53 Å². The van der Waals surface area contributed by atoms with Crippen LogP contribution in [0.25, 0.3) is 0 Å². The zero-order valence-corrected chi connectivity index (χ0v) is 10.9. The molecule has 0 amide bonds. The number of hydrogen-bond acceptors (Lipinski definition) is 2. The highest BCUT2D eigenvalue weighted by molar-refractivity contribution is 14.1. The van der Waals surface area contributed by atoms with Crippen LogP contribution in [0.1, 0.15) is 39.5 Å². The molecule has 0 saturated heterocycles. The Bertz CT molecular complexity index is 129. The second-order valence-corrected chi connectivity index (χ2v) is 4.46. The average Bonchev–Trinajstić information content (AvgIpc) is 2.21. The SMILES string of the molecule is CCN(CC)[C@H]1CC[C@H](NI)CC1. The van der Waals surface area contributed by atoms with Crippen molar-refractivity contribution in [3.8, 4) is 0 Å². The minimum Gasteiger partial charge on any atom is -0.301 e. The Kier molecular flexibility index (Phi) is 5.58. The van der Waals surface area contributed by atoms with Gasteiger partial charge in [-0.25, -0.2) is 0 Å². The van der Waals surface area contributed by atoms with Gasteiger partial charge >= 0.3 is 0 Å². The number of halogens is 1. The summed E-state index contributed by atoms with van der Waals surface area (Å²) in [4.78, 5) is 2.60. The van der Waals surface area contributed by atoms with Crippen LogP contribution in [-0.2, 0) is 0 Å². The number of nitrogens with zero attached hydrogens (tertiary/aromatic N) is 1. The van der Waals surface area contributed by atoms with Gasteiger partial charge in [-0.15, -0.1) is 0 Å². The molecule has 1 N–H and O–H groups in total. The van der Waals surface area contributed by atoms with E-state index < -0.39 is 0 Å². The van der Waals surface area contributed by atoms with Crippen LogP contribution < -0.4 is 3.53 Å². The van der Waals surface area contributed by atoms with E-state index in [1.165, 1.54) is 38.8 Å². The predicted molar refractivity (Wildman–Crippen MR) is 66.1 cm³/mol. The molecule has 1 saturated carbocycles. The van der Waals surface area contributed by atoms with Gasteiger partial charge in [0.25, 0.3) is 0 Å². The van der Waals surface area contributed by atoms with Gasteiger partial charge in [0.15, 0.2) is 0 Å². The van der Waals surface area contributed by atoms with Crippen LogP contribution in [0.15, 0.2) is 0 Å². The molecule has 1 aliphatic carbocycles. The maximum atomic E-state index is 3.35. The highest BCUT2D eigenvalue weighted by Crippen LogP contribution is 2.23. The van der Waals surface area contributed by atoms with Crippen molar-refractivity contribution in [3.63, 3.8) is 0 Å². The van der Waals surface area contributed by atoms with E-state index in [4.69, 9.17) is 0 Å². The number of rotatable bonds is 4. The second-order valence-electron chi connectivity index (χ2n) is 3.84. The van der Waals surface area contributed by atoms with Gasteiger partial charge in [-0.05, 0) is 38.8 Å². The standard InChI is InChI=1S/C10H21IN2/c1-3-13(4-2)10-7-5-9(12-11)6-8-10/h9-10,12H,3-8H2,1-2H3/t9-,10-. The predicted octanol–water partition coefficient (Wildman–Crippen LogP) is 2.58. The lowest BCUT2D eigenvalue weighted by Crippen LogP contribution is -2.40. The summed E-state index contributed by atoms with van der Waals surface area (Å²) in [7, 11) is 0. The smallest absolute Gasteiger partial charge is 0.0172 e. The lowest BCUT2D eigenvalue weighted by Gasteiger charge is -2.35. The molecule has 1 aliphatic rings. The molecule has 2 nitrogen and oxygen atoms in total. The van der Waals surface area contributed by atoms with E-state index >= 15 is 0 Å². The summed E-state index contributed by atoms with van der Waals surface area (Å²) in [5.41, 5.74) is 0. The Morgan fingerprint density at radius 3 is 2.08 bits per heavy atom. The van der Waals surface area contributed by atoms with E-state index in [0.717, 1.165) is 12.1 Å². The van der Waals surface area contributed by atoms with E-state index in [1.807, 2.05) is 0 Å². The van der Waals surface area contributed by atoms with E-state index in [-0.39, 0.29) is 0 Å². The molecular weight excluding hydrogens is 275 g/mol. The molecule has 1 rings (SSSR count). The summed E-state index contributed by atoms with van der Waals surface area (Å²) < 4.78 is 3.35. The van der Waals surface area contributed by atoms with E-state index in [2.05, 4.69) is 45.1 Å². The molecule has 0 radical (unpaired) electrons. The van der Waals surface area contributed by atoms with Crippen LogP contribution in [0.2, 0.25) is 0 Å². The van der Waals surface area contributed by atoms with Gasteiger partial charge in [0.1, 0.15) is 0 Å². The maximum absolute atomic E-state index is 3.35. The molecule has 0 atom stereocenters. The summed E-state index contributed by atoms with van der Waals surface area (Å²) in [5.74, 6) is 0. The molecule has 78 valence electrons. The Balaban J connectivity index is 2.30. The third-order valence-corrected chi connectivity index (χ3v) is 4.06. The van der Waals surface area contributed by atoms with Crippen LogP contribution in [0, 0.1) is 0 Å². The zero-order chi connectivity index (χ0) is 9.68. The van der Waals surface area contributed by atoms with Crippen LogP contribution in [0.5, 0.6) is 0 Å². The molecule has 0 aromatic heterocycles. The first kappa shape index (κ1) is 11.7. The number of nitrogens with one attached hydrogen (secondary N) is 1. The lowest BCUT2D eigenvalue weighted by molar-refractivity contribution is 0.163. The van der Waals surface area contributed by atoms with Gasteiger partial charge in [0.2, 0.25) is 0 Å². The first-order chi connectivity index (χ1) is 6.31. The Labute approximate surface area is 95.9 Å². The molecule has 0 aromatic rings. The van der Waals surface area contributed by atoms with Gasteiger partial charge < -0.3 is 4.90 Å². The largest absolute Gasteiger partial charge is 0.301 e. The molecule has 0 unspecified atom stereocenters. The Morgan fingerprint density at radius 1 is 1.15 bits per heavy atom. The van der Waals surface area contributed by atoms with Gasteiger partial charge in [-0.2, -0.15) is 0 Å². The molecule has 0 aliphatic heterocycles. The fourth-order valence-corrected chi connectivity index (χ4v) is 2.91. The molecule has 0 aromatic carbocycles. The second kappa shape index (κ2) is 6.19. The Morgan fingerprint density at radius 2 is 1.69 bits per heavy atom. The van der Waals surface area contributed by atoms with Crippen molar-refractivity contribution in [2.75, 3.05) is 13.1 Å². The fourth-order valence-electron chi connectivity index (χ4n) is 2.29. The van der Waals surface area contributed by atoms with Crippen molar-refractivity contribution in [1.29, 1.82) is 0 Å². The molecule has 0 spiro atoms. The maximum Gasteiger partial charge on any atom is 0.0172 e. The van der Waals surface area contributed by atoms with Crippen LogP contribution in [0.4, 0.5) is 0 Å². The molecule has 1 fully saturated rings. The lowest BCUT2D eigenvalue weighted by atomic mass is 9.91. The summed E-state index contributed by atoms with van der Waals surface area (Å²) in [5, 5.41) is 0. The highest BCUT2D eigenvalue weighted by Gasteiger charge is 2.23. The van der Waals surface area contributed by atoms with Crippen molar-refractivity contribution in [1.82, 2.24) is 8.43 Å². The minimum absolute atomic E-state index is 0.771. The highest BCUT2D eigenvalue weighted by atomic mass is 127. The zero-order valence-electron chi connectivity index (χ0n) is 8.72. The van der Waals surface area contributed by atoms with Gasteiger partial charge in [0.05, 0.1) is 0 Å². The normalized spacial score (nSPS) is 29.5. The fraction of sp³-hybridized carbons (Fsp3) is 1.00. The van der Waals surface area contributed by atoms with Crippen LogP contribution in [-0.4, -0.2) is 30.1 Å². The third-order valence-electron chi connectivity index (χ3n) is 3.18. The van der Waals surface area contributed by atoms with Crippen molar-refractivity contribution < 1.29 is 0 Å². The summed E-state index contributed by atoms with van der Waals surface area (Å²) in [6, 6.07) is 1.63. The van der Waals surface area contributed by atoms with Gasteiger partial charge in [-0.1, -0.05) is 13.8 Å². The molecular formula is C10H21IN2. The van der Waals surface area contributed by atoms with E-state index in [1.54, 1.807) is 0 Å². The topological polar surface area (TPSA) is 15.3 Å². The Hall–Kier alpha value is 0.650. The molecule has 0 heterocycles. The quantitative estimate of drug-likeness (QED) is 0.633. The molecule has 13 heavy (non-hydrogen) atoms. The molecule has 3 heteroatoms. The van der Waals surface area contributed by atoms with Crippen molar-refractivity contribution in [3.05, 3.63) is 0 Å².